The zero-order valence-electron chi connectivity index (χ0n) is 8.63. The van der Waals surface area contributed by atoms with E-state index in [1.54, 1.807) is 0 Å². The quantitative estimate of drug-likeness (QED) is 0.541. The topological polar surface area (TPSA) is 121 Å². The van der Waals surface area contributed by atoms with Gasteiger partial charge in [-0.25, -0.2) is 0 Å². The van der Waals surface area contributed by atoms with Crippen LogP contribution in [-0.2, 0) is 14.4 Å². The number of likely N-dealkylation sites (tertiary alicyclic amines) is 1. The fourth-order valence-corrected chi connectivity index (χ4v) is 1.45. The summed E-state index contributed by atoms with van der Waals surface area (Å²) in [5, 5.41) is 17.0. The van der Waals surface area contributed by atoms with Gasteiger partial charge in [-0.2, -0.15) is 0 Å². The third-order valence-electron chi connectivity index (χ3n) is 2.53. The Morgan fingerprint density at radius 2 is 1.88 bits per heavy atom. The number of nitrogens with two attached hydrogens (primary N) is 1. The van der Waals surface area contributed by atoms with Gasteiger partial charge in [0.2, 0.25) is 5.91 Å². The number of carbonyl (C=O) groups is 3. The molecule has 0 aromatic heterocycles. The molecule has 0 radical (unpaired) electrons. The highest BCUT2D eigenvalue weighted by Crippen LogP contribution is 2.17. The van der Waals surface area contributed by atoms with Gasteiger partial charge in [-0.05, 0) is 6.42 Å². The van der Waals surface area contributed by atoms with Crippen LogP contribution in [0.2, 0.25) is 0 Å². The van der Waals surface area contributed by atoms with Crippen molar-refractivity contribution in [2.75, 3.05) is 13.1 Å². The van der Waals surface area contributed by atoms with Crippen LogP contribution < -0.4 is 5.73 Å². The predicted molar refractivity (Wildman–Crippen MR) is 52.6 cm³/mol. The van der Waals surface area contributed by atoms with Gasteiger partial charge in [-0.3, -0.25) is 14.4 Å². The van der Waals surface area contributed by atoms with Crippen molar-refractivity contribution in [2.24, 2.45) is 11.7 Å². The number of carboxylic acid groups (broad SMARTS) is 2. The van der Waals surface area contributed by atoms with Gasteiger partial charge >= 0.3 is 11.9 Å². The van der Waals surface area contributed by atoms with Crippen molar-refractivity contribution in [1.29, 1.82) is 0 Å². The lowest BCUT2D eigenvalue weighted by atomic mass is 9.98. The minimum atomic E-state index is -1.00. The monoisotopic (exact) mass is 230 g/mol. The van der Waals surface area contributed by atoms with E-state index < -0.39 is 23.9 Å². The van der Waals surface area contributed by atoms with Gasteiger partial charge in [0.1, 0.15) is 0 Å². The second kappa shape index (κ2) is 4.93. The van der Waals surface area contributed by atoms with E-state index in [-0.39, 0.29) is 31.8 Å². The van der Waals surface area contributed by atoms with Crippen LogP contribution in [0.1, 0.15) is 12.8 Å². The summed E-state index contributed by atoms with van der Waals surface area (Å²) in [7, 11) is 0. The smallest absolute Gasteiger partial charge is 0.310 e. The van der Waals surface area contributed by atoms with Crippen molar-refractivity contribution >= 4 is 17.8 Å². The molecule has 0 aliphatic carbocycles. The average molecular weight is 230 g/mol. The van der Waals surface area contributed by atoms with Crippen LogP contribution in [0.3, 0.4) is 0 Å². The second-order valence-electron chi connectivity index (χ2n) is 3.82. The first-order valence-corrected chi connectivity index (χ1v) is 4.90. The normalized spacial score (nSPS) is 17.7. The van der Waals surface area contributed by atoms with Crippen LogP contribution in [0, 0.1) is 5.92 Å². The SMILES string of the molecule is NC(CCC(=O)O)C(=O)N1CC(C(=O)O)C1. The van der Waals surface area contributed by atoms with E-state index in [2.05, 4.69) is 0 Å². The zero-order chi connectivity index (χ0) is 12.3. The molecule has 16 heavy (non-hydrogen) atoms. The highest BCUT2D eigenvalue weighted by atomic mass is 16.4. The van der Waals surface area contributed by atoms with Gasteiger partial charge in [-0.1, -0.05) is 0 Å². The number of carbonyl (C=O) groups excluding carboxylic acids is 1. The minimum Gasteiger partial charge on any atom is -0.481 e. The first-order valence-electron chi connectivity index (χ1n) is 4.90. The highest BCUT2D eigenvalue weighted by molar-refractivity contribution is 5.85. The molecule has 1 unspecified atom stereocenters. The molecule has 7 nitrogen and oxygen atoms in total. The van der Waals surface area contributed by atoms with Crippen LogP contribution in [0.25, 0.3) is 0 Å². The molecule has 7 heteroatoms. The molecular formula is C9H14N2O5. The summed E-state index contributed by atoms with van der Waals surface area (Å²) < 4.78 is 0. The molecule has 0 aromatic carbocycles. The Labute approximate surface area is 91.8 Å². The molecule has 1 heterocycles. The third kappa shape index (κ3) is 2.93. The first-order chi connectivity index (χ1) is 7.41. The summed E-state index contributed by atoms with van der Waals surface area (Å²) in [6.07, 6.45) is -0.0918. The number of nitrogens with zero attached hydrogens (tertiary/aromatic N) is 1. The van der Waals surface area contributed by atoms with Gasteiger partial charge in [-0.15, -0.1) is 0 Å². The maximum atomic E-state index is 11.5. The fraction of sp³-hybridized carbons (Fsp3) is 0.667. The van der Waals surface area contributed by atoms with Crippen molar-refractivity contribution in [3.05, 3.63) is 0 Å². The van der Waals surface area contributed by atoms with Crippen molar-refractivity contribution in [1.82, 2.24) is 4.90 Å². The lowest BCUT2D eigenvalue weighted by molar-refractivity contribution is -0.153. The highest BCUT2D eigenvalue weighted by Gasteiger charge is 2.37. The molecule has 0 saturated carbocycles. The number of amides is 1. The molecule has 1 rings (SSSR count). The molecule has 0 spiro atoms. The minimum absolute atomic E-state index is 0.0718. The Bertz CT molecular complexity index is 304. The Morgan fingerprint density at radius 1 is 1.31 bits per heavy atom. The fourth-order valence-electron chi connectivity index (χ4n) is 1.45. The van der Waals surface area contributed by atoms with Crippen LogP contribution >= 0.6 is 0 Å². The van der Waals surface area contributed by atoms with Crippen molar-refractivity contribution < 1.29 is 24.6 Å². The lowest BCUT2D eigenvalue weighted by Gasteiger charge is -2.38. The third-order valence-corrected chi connectivity index (χ3v) is 2.53. The summed E-state index contributed by atoms with van der Waals surface area (Å²) in [6.45, 7) is 0.323. The predicted octanol–water partition coefficient (Wildman–Crippen LogP) is -1.28. The summed E-state index contributed by atoms with van der Waals surface area (Å²) in [5.41, 5.74) is 5.50. The van der Waals surface area contributed by atoms with E-state index in [9.17, 15) is 14.4 Å². The summed E-state index contributed by atoms with van der Waals surface area (Å²) in [4.78, 5) is 33.6. The molecule has 0 aromatic rings. The molecule has 0 bridgehead atoms. The zero-order valence-corrected chi connectivity index (χ0v) is 8.63. The number of hydrogen-bond donors (Lipinski definition) is 3. The van der Waals surface area contributed by atoms with Crippen LogP contribution in [0.15, 0.2) is 0 Å². The van der Waals surface area contributed by atoms with Crippen molar-refractivity contribution in [3.8, 4) is 0 Å². The summed E-state index contributed by atoms with van der Waals surface area (Å²) in [5.74, 6) is -2.83. The first kappa shape index (κ1) is 12.4. The second-order valence-corrected chi connectivity index (χ2v) is 3.82. The molecule has 1 aliphatic heterocycles. The van der Waals surface area contributed by atoms with Gasteiger partial charge in [0.15, 0.2) is 0 Å². The number of hydrogen-bond acceptors (Lipinski definition) is 4. The van der Waals surface area contributed by atoms with Crippen LogP contribution in [0.4, 0.5) is 0 Å². The van der Waals surface area contributed by atoms with Gasteiger partial charge in [0.05, 0.1) is 12.0 Å². The van der Waals surface area contributed by atoms with Crippen LogP contribution in [0.5, 0.6) is 0 Å². The molecule has 1 atom stereocenters. The largest absolute Gasteiger partial charge is 0.481 e. The Hall–Kier alpha value is -1.63. The maximum absolute atomic E-state index is 11.5. The van der Waals surface area contributed by atoms with E-state index in [0.29, 0.717) is 0 Å². The average Bonchev–Trinajstić information content (AvgIpc) is 2.10. The van der Waals surface area contributed by atoms with Gasteiger partial charge in [0, 0.05) is 19.5 Å². The lowest BCUT2D eigenvalue weighted by Crippen LogP contribution is -2.57. The summed E-state index contributed by atoms with van der Waals surface area (Å²) >= 11 is 0. The van der Waals surface area contributed by atoms with E-state index in [4.69, 9.17) is 15.9 Å². The van der Waals surface area contributed by atoms with Gasteiger partial charge < -0.3 is 20.8 Å². The maximum Gasteiger partial charge on any atom is 0.310 e. The molecular weight excluding hydrogens is 216 g/mol. The molecule has 1 saturated heterocycles. The Kier molecular flexibility index (Phi) is 3.83. The molecule has 1 aliphatic rings. The molecule has 1 amide bonds. The van der Waals surface area contributed by atoms with E-state index in [1.807, 2.05) is 0 Å². The standard InChI is InChI=1S/C9H14N2O5/c10-6(1-2-7(12)13)8(14)11-3-5(4-11)9(15)16/h5-6H,1-4,10H2,(H,12,13)(H,15,16). The van der Waals surface area contributed by atoms with E-state index >= 15 is 0 Å². The molecule has 1 fully saturated rings. The number of rotatable bonds is 5. The Balaban J connectivity index is 2.31. The van der Waals surface area contributed by atoms with Crippen molar-refractivity contribution in [3.63, 3.8) is 0 Å². The Morgan fingerprint density at radius 3 is 2.31 bits per heavy atom. The number of carboxylic acids is 2. The van der Waals surface area contributed by atoms with Crippen molar-refractivity contribution in [2.45, 2.75) is 18.9 Å². The van der Waals surface area contributed by atoms with E-state index in [1.165, 1.54) is 4.90 Å². The van der Waals surface area contributed by atoms with E-state index in [0.717, 1.165) is 0 Å². The summed E-state index contributed by atoms with van der Waals surface area (Å²) in [6, 6.07) is -0.856. The molecule has 4 N–H and O–H groups in total. The molecule has 90 valence electrons. The van der Waals surface area contributed by atoms with Gasteiger partial charge in [0.25, 0.3) is 0 Å². The number of aliphatic carboxylic acids is 2. The van der Waals surface area contributed by atoms with Crippen LogP contribution in [-0.4, -0.2) is 52.1 Å².